The van der Waals surface area contributed by atoms with E-state index in [-0.39, 0.29) is 16.3 Å². The van der Waals surface area contributed by atoms with Crippen LogP contribution in [0.4, 0.5) is 24.5 Å². The Morgan fingerprint density at radius 1 is 0.938 bits per heavy atom. The Labute approximate surface area is 181 Å². The average Bonchev–Trinajstić information content (AvgIpc) is 2.70. The van der Waals surface area contributed by atoms with Gasteiger partial charge in [0.25, 0.3) is 15.6 Å². The van der Waals surface area contributed by atoms with Gasteiger partial charge in [-0.15, -0.1) is 0 Å². The Balaban J connectivity index is 1.66. The molecule has 0 aliphatic rings. The van der Waals surface area contributed by atoms with Crippen molar-refractivity contribution in [2.24, 2.45) is 0 Å². The fourth-order valence-electron chi connectivity index (χ4n) is 2.73. The Kier molecular flexibility index (Phi) is 6.40. The van der Waals surface area contributed by atoms with Crippen molar-refractivity contribution < 1.29 is 26.4 Å². The van der Waals surface area contributed by atoms with E-state index in [4.69, 9.17) is 0 Å². The third-order valence-electron chi connectivity index (χ3n) is 4.38. The summed E-state index contributed by atoms with van der Waals surface area (Å²) >= 11 is 0. The standard InChI is InChI=1S/C21H18F3N3O4S/c1-14-2-9-18(10-3-14)32(30,31)26-17-7-5-16(6-8-17)25-19(28)13-27-12-15(21(22,23)24)4-11-20(27)29/h2-12,26H,13H2,1H3,(H,25,28). The zero-order valence-corrected chi connectivity index (χ0v) is 17.5. The fraction of sp³-hybridized carbons (Fsp3) is 0.143. The number of amides is 1. The molecule has 3 rings (SSSR count). The summed E-state index contributed by atoms with van der Waals surface area (Å²) < 4.78 is 66.3. The van der Waals surface area contributed by atoms with Crippen LogP contribution in [0.25, 0.3) is 0 Å². The second-order valence-electron chi connectivity index (χ2n) is 6.93. The molecule has 7 nitrogen and oxygen atoms in total. The third-order valence-corrected chi connectivity index (χ3v) is 5.77. The van der Waals surface area contributed by atoms with Gasteiger partial charge in [-0.3, -0.25) is 14.3 Å². The van der Waals surface area contributed by atoms with Crippen molar-refractivity contribution in [3.05, 3.63) is 88.3 Å². The van der Waals surface area contributed by atoms with E-state index in [0.29, 0.717) is 16.8 Å². The maximum Gasteiger partial charge on any atom is 0.417 e. The van der Waals surface area contributed by atoms with Crippen molar-refractivity contribution in [2.75, 3.05) is 10.0 Å². The van der Waals surface area contributed by atoms with Crippen LogP contribution in [0.15, 0.2) is 76.6 Å². The van der Waals surface area contributed by atoms with Crippen LogP contribution in [0, 0.1) is 6.92 Å². The minimum absolute atomic E-state index is 0.0898. The van der Waals surface area contributed by atoms with Crippen LogP contribution in [0.1, 0.15) is 11.1 Å². The summed E-state index contributed by atoms with van der Waals surface area (Å²) in [6.45, 7) is 1.21. The summed E-state index contributed by atoms with van der Waals surface area (Å²) in [6, 6.07) is 13.3. The molecule has 0 bridgehead atoms. The summed E-state index contributed by atoms with van der Waals surface area (Å²) in [6.07, 6.45) is -4.07. The van der Waals surface area contributed by atoms with Crippen LogP contribution >= 0.6 is 0 Å². The number of carbonyl (C=O) groups is 1. The lowest BCUT2D eigenvalue weighted by Gasteiger charge is -2.12. The lowest BCUT2D eigenvalue weighted by Crippen LogP contribution is -2.28. The lowest BCUT2D eigenvalue weighted by molar-refractivity contribution is -0.138. The van der Waals surface area contributed by atoms with Gasteiger partial charge in [0.05, 0.1) is 10.5 Å². The SMILES string of the molecule is Cc1ccc(S(=O)(=O)Nc2ccc(NC(=O)Cn3cc(C(F)(F)F)ccc3=O)cc2)cc1. The number of nitrogens with zero attached hydrogens (tertiary/aromatic N) is 1. The number of sulfonamides is 1. The second kappa shape index (κ2) is 8.87. The van der Waals surface area contributed by atoms with Gasteiger partial charge in [-0.05, 0) is 49.4 Å². The second-order valence-corrected chi connectivity index (χ2v) is 8.61. The number of halogens is 3. The van der Waals surface area contributed by atoms with Gasteiger partial charge >= 0.3 is 6.18 Å². The van der Waals surface area contributed by atoms with Gasteiger partial charge in [-0.2, -0.15) is 13.2 Å². The van der Waals surface area contributed by atoms with Gasteiger partial charge < -0.3 is 9.88 Å². The zero-order chi connectivity index (χ0) is 23.5. The van der Waals surface area contributed by atoms with E-state index in [1.165, 1.54) is 36.4 Å². The molecule has 3 aromatic rings. The molecule has 11 heteroatoms. The van der Waals surface area contributed by atoms with Crippen molar-refractivity contribution in [2.45, 2.75) is 24.5 Å². The minimum atomic E-state index is -4.65. The monoisotopic (exact) mass is 465 g/mol. The van der Waals surface area contributed by atoms with Crippen LogP contribution in [-0.4, -0.2) is 18.9 Å². The number of rotatable bonds is 6. The first-order valence-electron chi connectivity index (χ1n) is 9.21. The van der Waals surface area contributed by atoms with Gasteiger partial charge in [0.15, 0.2) is 0 Å². The van der Waals surface area contributed by atoms with Gasteiger partial charge in [-0.1, -0.05) is 17.7 Å². The van der Waals surface area contributed by atoms with Crippen LogP contribution in [0.5, 0.6) is 0 Å². The van der Waals surface area contributed by atoms with Crippen molar-refractivity contribution >= 4 is 27.3 Å². The first-order valence-corrected chi connectivity index (χ1v) is 10.7. The van der Waals surface area contributed by atoms with Gasteiger partial charge in [0.1, 0.15) is 6.54 Å². The minimum Gasteiger partial charge on any atom is -0.325 e. The molecule has 0 saturated carbocycles. The molecule has 32 heavy (non-hydrogen) atoms. The molecule has 1 heterocycles. The largest absolute Gasteiger partial charge is 0.417 e. The van der Waals surface area contributed by atoms with Gasteiger partial charge in [0, 0.05) is 23.6 Å². The number of nitrogens with one attached hydrogen (secondary N) is 2. The number of hydrogen-bond acceptors (Lipinski definition) is 4. The number of anilines is 2. The van der Waals surface area contributed by atoms with E-state index in [1.807, 2.05) is 6.92 Å². The fourth-order valence-corrected chi connectivity index (χ4v) is 3.79. The highest BCUT2D eigenvalue weighted by atomic mass is 32.2. The molecule has 0 aliphatic heterocycles. The lowest BCUT2D eigenvalue weighted by atomic mass is 10.2. The highest BCUT2D eigenvalue weighted by Gasteiger charge is 2.31. The summed E-state index contributed by atoms with van der Waals surface area (Å²) in [5.74, 6) is -0.723. The van der Waals surface area contributed by atoms with E-state index >= 15 is 0 Å². The highest BCUT2D eigenvalue weighted by Crippen LogP contribution is 2.28. The number of aryl methyl sites for hydroxylation is 1. The molecule has 1 aromatic heterocycles. The predicted molar refractivity (Wildman–Crippen MR) is 113 cm³/mol. The molecular formula is C21H18F3N3O4S. The third kappa shape index (κ3) is 5.76. The van der Waals surface area contributed by atoms with Crippen LogP contribution in [0.3, 0.4) is 0 Å². The Hall–Kier alpha value is -3.60. The molecular weight excluding hydrogens is 447 g/mol. The first-order chi connectivity index (χ1) is 14.9. The van der Waals surface area contributed by atoms with Crippen molar-refractivity contribution in [3.63, 3.8) is 0 Å². The van der Waals surface area contributed by atoms with E-state index < -0.39 is 39.8 Å². The van der Waals surface area contributed by atoms with E-state index in [2.05, 4.69) is 10.0 Å². The Morgan fingerprint density at radius 3 is 2.12 bits per heavy atom. The Morgan fingerprint density at radius 2 is 1.53 bits per heavy atom. The molecule has 0 saturated heterocycles. The maximum absolute atomic E-state index is 12.8. The number of aromatic nitrogens is 1. The quantitative estimate of drug-likeness (QED) is 0.581. The van der Waals surface area contributed by atoms with E-state index in [1.54, 1.807) is 12.1 Å². The molecule has 0 atom stereocenters. The molecule has 0 aliphatic carbocycles. The number of carbonyl (C=O) groups excluding carboxylic acids is 1. The topological polar surface area (TPSA) is 97.3 Å². The molecule has 0 fully saturated rings. The summed E-state index contributed by atoms with van der Waals surface area (Å²) in [4.78, 5) is 24.0. The number of alkyl halides is 3. The van der Waals surface area contributed by atoms with Crippen LogP contribution in [0.2, 0.25) is 0 Å². The van der Waals surface area contributed by atoms with Crippen molar-refractivity contribution in [1.29, 1.82) is 0 Å². The van der Waals surface area contributed by atoms with E-state index in [0.717, 1.165) is 11.6 Å². The number of hydrogen-bond donors (Lipinski definition) is 2. The number of benzene rings is 2. The first kappa shape index (κ1) is 23.1. The zero-order valence-electron chi connectivity index (χ0n) is 16.7. The normalized spacial score (nSPS) is 11.8. The number of pyridine rings is 1. The highest BCUT2D eigenvalue weighted by molar-refractivity contribution is 7.92. The summed E-state index contributed by atoms with van der Waals surface area (Å²) in [7, 11) is -3.79. The molecule has 0 radical (unpaired) electrons. The molecule has 0 spiro atoms. The van der Waals surface area contributed by atoms with Crippen molar-refractivity contribution in [1.82, 2.24) is 4.57 Å². The Bertz CT molecular complexity index is 1280. The maximum atomic E-state index is 12.8. The summed E-state index contributed by atoms with van der Waals surface area (Å²) in [5, 5.41) is 2.45. The average molecular weight is 465 g/mol. The van der Waals surface area contributed by atoms with Gasteiger partial charge in [0.2, 0.25) is 5.91 Å². The smallest absolute Gasteiger partial charge is 0.325 e. The predicted octanol–water partition coefficient (Wildman–Crippen LogP) is 3.62. The van der Waals surface area contributed by atoms with Crippen LogP contribution < -0.4 is 15.6 Å². The molecule has 2 aromatic carbocycles. The van der Waals surface area contributed by atoms with E-state index in [9.17, 15) is 31.2 Å². The molecule has 2 N–H and O–H groups in total. The van der Waals surface area contributed by atoms with Crippen LogP contribution in [-0.2, 0) is 27.5 Å². The summed E-state index contributed by atoms with van der Waals surface area (Å²) in [5.41, 5.74) is -0.369. The molecule has 1 amide bonds. The van der Waals surface area contributed by atoms with Crippen molar-refractivity contribution in [3.8, 4) is 0 Å². The molecule has 0 unspecified atom stereocenters. The molecule has 168 valence electrons. The van der Waals surface area contributed by atoms with Gasteiger partial charge in [-0.25, -0.2) is 8.42 Å².